The number of hydrogen-bond donors (Lipinski definition) is 1. The van der Waals surface area contributed by atoms with E-state index < -0.39 is 0 Å². The molecule has 1 fully saturated rings. The first-order valence-corrected chi connectivity index (χ1v) is 11.2. The summed E-state index contributed by atoms with van der Waals surface area (Å²) in [6, 6.07) is 12.5. The number of benzene rings is 1. The number of thiophene rings is 1. The molecule has 0 unspecified atom stereocenters. The summed E-state index contributed by atoms with van der Waals surface area (Å²) in [5.74, 6) is 1.05. The fourth-order valence-corrected chi connectivity index (χ4v) is 5.29. The van der Waals surface area contributed by atoms with Crippen LogP contribution in [0.2, 0.25) is 0 Å². The van der Waals surface area contributed by atoms with E-state index in [0.29, 0.717) is 6.04 Å². The first kappa shape index (κ1) is 17.7. The highest BCUT2D eigenvalue weighted by molar-refractivity contribution is 8.00. The van der Waals surface area contributed by atoms with Gasteiger partial charge in [-0.3, -0.25) is 9.36 Å². The number of carbonyl (C=O) groups is 1. The standard InChI is InChI=1S/C21H20N4OS2/c1-12-18(15-6-3-4-7-16(15)22-12)19(26)13(2)28-21-24-23-20(17-8-5-11-27-17)25(21)14-9-10-14/h3-8,11,13-14,22H,9-10H2,1-2H3/t13-/m0/s1. The minimum Gasteiger partial charge on any atom is -0.358 e. The number of aryl methyl sites for hydroxylation is 1. The van der Waals surface area contributed by atoms with Crippen molar-refractivity contribution in [3.63, 3.8) is 0 Å². The second kappa shape index (κ2) is 6.90. The van der Waals surface area contributed by atoms with Crippen molar-refractivity contribution in [1.29, 1.82) is 0 Å². The van der Waals surface area contributed by atoms with Gasteiger partial charge in [0.15, 0.2) is 16.8 Å². The lowest BCUT2D eigenvalue weighted by atomic mass is 10.1. The molecule has 1 N–H and O–H groups in total. The van der Waals surface area contributed by atoms with Crippen LogP contribution < -0.4 is 0 Å². The van der Waals surface area contributed by atoms with Crippen molar-refractivity contribution in [2.45, 2.75) is 43.1 Å². The van der Waals surface area contributed by atoms with Crippen LogP contribution in [0.15, 0.2) is 46.9 Å². The normalized spacial score (nSPS) is 15.2. The molecule has 5 rings (SSSR count). The number of nitrogens with zero attached hydrogens (tertiary/aromatic N) is 3. The highest BCUT2D eigenvalue weighted by atomic mass is 32.2. The number of rotatable bonds is 6. The van der Waals surface area contributed by atoms with E-state index >= 15 is 0 Å². The summed E-state index contributed by atoms with van der Waals surface area (Å²) in [6.07, 6.45) is 2.29. The quantitative estimate of drug-likeness (QED) is 0.338. The zero-order valence-electron chi connectivity index (χ0n) is 15.7. The highest BCUT2D eigenvalue weighted by Crippen LogP contribution is 2.42. The molecule has 3 heterocycles. The van der Waals surface area contributed by atoms with Crippen LogP contribution in [0.3, 0.4) is 0 Å². The van der Waals surface area contributed by atoms with Gasteiger partial charge < -0.3 is 4.98 Å². The predicted octanol–water partition coefficient (Wildman–Crippen LogP) is 5.49. The van der Waals surface area contributed by atoms with Crippen LogP contribution in [-0.2, 0) is 0 Å². The monoisotopic (exact) mass is 408 g/mol. The van der Waals surface area contributed by atoms with Gasteiger partial charge >= 0.3 is 0 Å². The molecule has 0 bridgehead atoms. The first-order chi connectivity index (χ1) is 13.6. The minimum atomic E-state index is -0.240. The molecule has 1 atom stereocenters. The van der Waals surface area contributed by atoms with Gasteiger partial charge in [-0.05, 0) is 44.2 Å². The Hall–Kier alpha value is -2.38. The summed E-state index contributed by atoms with van der Waals surface area (Å²) in [5.41, 5.74) is 2.70. The molecule has 0 spiro atoms. The lowest BCUT2D eigenvalue weighted by molar-refractivity contribution is 0.0995. The van der Waals surface area contributed by atoms with Gasteiger partial charge in [0.25, 0.3) is 0 Å². The van der Waals surface area contributed by atoms with Crippen LogP contribution in [0.25, 0.3) is 21.6 Å². The molecule has 1 aliphatic carbocycles. The number of hydrogen-bond acceptors (Lipinski definition) is 5. The molecule has 7 heteroatoms. The zero-order chi connectivity index (χ0) is 19.3. The van der Waals surface area contributed by atoms with E-state index in [9.17, 15) is 4.79 Å². The number of carbonyl (C=O) groups excluding carboxylic acids is 1. The van der Waals surface area contributed by atoms with Gasteiger partial charge in [0.2, 0.25) is 0 Å². The van der Waals surface area contributed by atoms with E-state index in [1.165, 1.54) is 11.8 Å². The number of thioether (sulfide) groups is 1. The summed E-state index contributed by atoms with van der Waals surface area (Å²) < 4.78 is 2.22. The van der Waals surface area contributed by atoms with E-state index in [0.717, 1.165) is 50.9 Å². The lowest BCUT2D eigenvalue weighted by Gasteiger charge is -2.12. The second-order valence-corrected chi connectivity index (χ2v) is 9.44. The third-order valence-electron chi connectivity index (χ3n) is 5.11. The fraction of sp³-hybridized carbons (Fsp3) is 0.286. The molecule has 4 aromatic rings. The van der Waals surface area contributed by atoms with E-state index in [-0.39, 0.29) is 11.0 Å². The summed E-state index contributed by atoms with van der Waals surface area (Å²) in [6.45, 7) is 3.93. The number of Topliss-reactive ketones (excluding diaryl/α,β-unsaturated/α-hetero) is 1. The van der Waals surface area contributed by atoms with Crippen molar-refractivity contribution in [1.82, 2.24) is 19.7 Å². The summed E-state index contributed by atoms with van der Waals surface area (Å²) in [4.78, 5) is 17.7. The second-order valence-electron chi connectivity index (χ2n) is 7.18. The third kappa shape index (κ3) is 2.99. The maximum atomic E-state index is 13.3. The Kier molecular flexibility index (Phi) is 4.36. The Balaban J connectivity index is 1.46. The van der Waals surface area contributed by atoms with Gasteiger partial charge in [-0.1, -0.05) is 36.0 Å². The average molecular weight is 409 g/mol. The van der Waals surface area contributed by atoms with E-state index in [1.807, 2.05) is 44.2 Å². The van der Waals surface area contributed by atoms with Crippen molar-refractivity contribution >= 4 is 39.8 Å². The third-order valence-corrected chi connectivity index (χ3v) is 7.03. The van der Waals surface area contributed by atoms with Crippen LogP contribution in [-0.4, -0.2) is 30.8 Å². The zero-order valence-corrected chi connectivity index (χ0v) is 17.3. The van der Waals surface area contributed by atoms with Crippen molar-refractivity contribution < 1.29 is 4.79 Å². The summed E-state index contributed by atoms with van der Waals surface area (Å²) >= 11 is 3.18. The van der Waals surface area contributed by atoms with Crippen molar-refractivity contribution in [3.05, 3.63) is 53.0 Å². The summed E-state index contributed by atoms with van der Waals surface area (Å²) in [5, 5.41) is 12.5. The van der Waals surface area contributed by atoms with E-state index in [4.69, 9.17) is 0 Å². The molecule has 142 valence electrons. The smallest absolute Gasteiger partial charge is 0.192 e. The average Bonchev–Trinajstić information content (AvgIpc) is 3.09. The van der Waals surface area contributed by atoms with Crippen LogP contribution >= 0.6 is 23.1 Å². The Morgan fingerprint density at radius 2 is 2.07 bits per heavy atom. The molecule has 5 nitrogen and oxygen atoms in total. The fourth-order valence-electron chi connectivity index (χ4n) is 3.60. The van der Waals surface area contributed by atoms with Crippen molar-refractivity contribution in [2.24, 2.45) is 0 Å². The molecule has 1 aliphatic rings. The lowest BCUT2D eigenvalue weighted by Crippen LogP contribution is -2.15. The van der Waals surface area contributed by atoms with Crippen LogP contribution in [0.4, 0.5) is 0 Å². The van der Waals surface area contributed by atoms with Crippen LogP contribution in [0, 0.1) is 6.92 Å². The van der Waals surface area contributed by atoms with Gasteiger partial charge in [-0.25, -0.2) is 0 Å². The number of H-pyrrole nitrogens is 1. The molecule has 0 saturated heterocycles. The van der Waals surface area contributed by atoms with Gasteiger partial charge in [0.1, 0.15) is 0 Å². The molecular formula is C21H20N4OS2. The number of fused-ring (bicyclic) bond motifs is 1. The van der Waals surface area contributed by atoms with Gasteiger partial charge in [-0.15, -0.1) is 21.5 Å². The number of para-hydroxylation sites is 1. The summed E-state index contributed by atoms with van der Waals surface area (Å²) in [7, 11) is 0. The maximum absolute atomic E-state index is 13.3. The molecule has 28 heavy (non-hydrogen) atoms. The predicted molar refractivity (Wildman–Crippen MR) is 114 cm³/mol. The topological polar surface area (TPSA) is 63.6 Å². The molecule has 1 saturated carbocycles. The molecular weight excluding hydrogens is 388 g/mol. The SMILES string of the molecule is Cc1[nH]c2ccccc2c1C(=O)[C@H](C)Sc1nnc(-c2cccs2)n1C1CC1. The van der Waals surface area contributed by atoms with Crippen molar-refractivity contribution in [3.8, 4) is 10.7 Å². The number of ketones is 1. The number of aromatic amines is 1. The van der Waals surface area contributed by atoms with E-state index in [2.05, 4.69) is 31.2 Å². The van der Waals surface area contributed by atoms with Gasteiger partial charge in [0.05, 0.1) is 10.1 Å². The number of nitrogens with one attached hydrogen (secondary N) is 1. The Morgan fingerprint density at radius 1 is 1.25 bits per heavy atom. The largest absolute Gasteiger partial charge is 0.358 e. The Labute approximate surface area is 171 Å². The molecule has 0 aliphatic heterocycles. The minimum absolute atomic E-state index is 0.128. The van der Waals surface area contributed by atoms with Gasteiger partial charge in [-0.2, -0.15) is 0 Å². The Morgan fingerprint density at radius 3 is 2.82 bits per heavy atom. The number of aromatic nitrogens is 4. The Bertz CT molecular complexity index is 1150. The van der Waals surface area contributed by atoms with Crippen LogP contribution in [0.5, 0.6) is 0 Å². The van der Waals surface area contributed by atoms with Crippen LogP contribution in [0.1, 0.15) is 41.9 Å². The van der Waals surface area contributed by atoms with E-state index in [1.54, 1.807) is 11.3 Å². The molecule has 1 aromatic carbocycles. The first-order valence-electron chi connectivity index (χ1n) is 9.40. The molecule has 0 amide bonds. The molecule has 3 aromatic heterocycles. The maximum Gasteiger partial charge on any atom is 0.192 e. The molecule has 0 radical (unpaired) electrons. The van der Waals surface area contributed by atoms with Crippen molar-refractivity contribution in [2.75, 3.05) is 0 Å². The highest BCUT2D eigenvalue weighted by Gasteiger charge is 2.32. The van der Waals surface area contributed by atoms with Gasteiger partial charge in [0, 0.05) is 28.2 Å².